The number of hydrogen-bond acceptors (Lipinski definition) is 5. The van der Waals surface area contributed by atoms with E-state index in [0.29, 0.717) is 23.2 Å². The van der Waals surface area contributed by atoms with Crippen LogP contribution < -0.4 is 11.7 Å². The second kappa shape index (κ2) is 10.3. The third-order valence-corrected chi connectivity index (χ3v) is 5.18. The van der Waals surface area contributed by atoms with Gasteiger partial charge in [-0.1, -0.05) is 23.4 Å². The van der Waals surface area contributed by atoms with Crippen molar-refractivity contribution >= 4 is 17.9 Å². The van der Waals surface area contributed by atoms with Crippen molar-refractivity contribution in [3.05, 3.63) is 99.6 Å². The van der Waals surface area contributed by atoms with Gasteiger partial charge in [-0.3, -0.25) is 9.99 Å². The number of nitrogens with two attached hydrogens (primary N) is 2. The number of aliphatic hydroxyl groups is 1. The zero-order valence-corrected chi connectivity index (χ0v) is 18.4. The molecule has 3 aromatic rings. The van der Waals surface area contributed by atoms with Gasteiger partial charge in [0.05, 0.1) is 11.6 Å². The molecule has 35 heavy (non-hydrogen) atoms. The van der Waals surface area contributed by atoms with Crippen LogP contribution >= 0.6 is 11.6 Å². The number of aromatic nitrogens is 1. The summed E-state index contributed by atoms with van der Waals surface area (Å²) in [5.41, 5.74) is -4.73. The second-order valence-corrected chi connectivity index (χ2v) is 7.71. The lowest BCUT2D eigenvalue weighted by Gasteiger charge is -2.37. The highest BCUT2D eigenvalue weighted by molar-refractivity contribution is 6.30. The molecular formula is C23H17ClF5N5O. The van der Waals surface area contributed by atoms with E-state index >= 15 is 8.78 Å². The third kappa shape index (κ3) is 5.51. The van der Waals surface area contributed by atoms with Gasteiger partial charge in [0.1, 0.15) is 29.5 Å². The Bertz CT molecular complexity index is 1310. The minimum absolute atomic E-state index is 0.0809. The fourth-order valence-corrected chi connectivity index (χ4v) is 3.27. The molecule has 1 unspecified atom stereocenters. The molecule has 2 aromatic carbocycles. The van der Waals surface area contributed by atoms with Crippen LogP contribution in [0.3, 0.4) is 0 Å². The first-order chi connectivity index (χ1) is 16.5. The number of hydrogen-bond donors (Lipinski definition) is 3. The lowest BCUT2D eigenvalue weighted by atomic mass is 9.84. The minimum Gasteiger partial charge on any atom is -0.377 e. The van der Waals surface area contributed by atoms with Gasteiger partial charge < -0.3 is 10.9 Å². The molecule has 0 radical (unpaired) electrons. The van der Waals surface area contributed by atoms with Gasteiger partial charge >= 0.3 is 5.92 Å². The van der Waals surface area contributed by atoms with Crippen molar-refractivity contribution in [2.75, 3.05) is 6.54 Å². The van der Waals surface area contributed by atoms with Gasteiger partial charge in [0.15, 0.2) is 5.60 Å². The second-order valence-electron chi connectivity index (χ2n) is 7.31. The topological polar surface area (TPSA) is 101 Å². The number of hydrazine groups is 1. The molecule has 1 heterocycles. The van der Waals surface area contributed by atoms with E-state index < -0.39 is 46.8 Å². The molecule has 5 N–H and O–H groups in total. The Balaban J connectivity index is 2.00. The first kappa shape index (κ1) is 25.9. The number of rotatable bonds is 6. The summed E-state index contributed by atoms with van der Waals surface area (Å²) in [4.78, 5) is 3.66. The van der Waals surface area contributed by atoms with Crippen LogP contribution in [-0.2, 0) is 11.5 Å². The Hall–Kier alpha value is -3.72. The summed E-state index contributed by atoms with van der Waals surface area (Å²) in [5.74, 6) is 8.39. The van der Waals surface area contributed by atoms with E-state index in [4.69, 9.17) is 23.3 Å². The van der Waals surface area contributed by atoms with Crippen LogP contribution in [0.2, 0.25) is 5.02 Å². The fourth-order valence-electron chi connectivity index (χ4n) is 3.15. The highest BCUT2D eigenvalue weighted by Crippen LogP contribution is 2.45. The number of halogens is 6. The van der Waals surface area contributed by atoms with Crippen molar-refractivity contribution in [3.63, 3.8) is 0 Å². The predicted octanol–water partition coefficient (Wildman–Crippen LogP) is 3.61. The third-order valence-electron chi connectivity index (χ3n) is 4.88. The Labute approximate surface area is 201 Å². The Kier molecular flexibility index (Phi) is 7.60. The molecule has 0 spiro atoms. The van der Waals surface area contributed by atoms with Crippen LogP contribution in [0, 0.1) is 29.3 Å². The maximum Gasteiger partial charge on any atom is 0.323 e. The predicted molar refractivity (Wildman–Crippen MR) is 119 cm³/mol. The Morgan fingerprint density at radius 3 is 2.31 bits per heavy atom. The van der Waals surface area contributed by atoms with E-state index in [9.17, 15) is 18.3 Å². The maximum atomic E-state index is 15.6. The molecule has 12 heteroatoms. The largest absolute Gasteiger partial charge is 0.377 e. The smallest absolute Gasteiger partial charge is 0.323 e. The molecular weight excluding hydrogens is 493 g/mol. The van der Waals surface area contributed by atoms with E-state index in [-0.39, 0.29) is 16.1 Å². The molecule has 0 saturated carbocycles. The number of nitrogens with zero attached hydrogens (tertiary/aromatic N) is 3. The van der Waals surface area contributed by atoms with Crippen molar-refractivity contribution < 1.29 is 27.1 Å². The van der Waals surface area contributed by atoms with E-state index in [1.165, 1.54) is 18.2 Å². The summed E-state index contributed by atoms with van der Waals surface area (Å²) in [6.07, 6.45) is 1.72. The van der Waals surface area contributed by atoms with Crippen LogP contribution in [0.4, 0.5) is 22.0 Å². The van der Waals surface area contributed by atoms with Crippen LogP contribution in [0.5, 0.6) is 0 Å². The quantitative estimate of drug-likeness (QED) is 0.118. The highest BCUT2D eigenvalue weighted by Gasteiger charge is 2.58. The minimum atomic E-state index is -4.24. The highest BCUT2D eigenvalue weighted by atomic mass is 35.5. The average molecular weight is 510 g/mol. The first-order valence-corrected chi connectivity index (χ1v) is 10.1. The molecule has 6 nitrogen and oxygen atoms in total. The van der Waals surface area contributed by atoms with E-state index in [2.05, 4.69) is 21.9 Å². The summed E-state index contributed by atoms with van der Waals surface area (Å²) in [6, 6.07) is 7.67. The van der Waals surface area contributed by atoms with Crippen molar-refractivity contribution in [1.82, 2.24) is 9.99 Å². The molecule has 0 amide bonds. The van der Waals surface area contributed by atoms with Crippen LogP contribution in [0.25, 0.3) is 0 Å². The standard InChI is InChI=1S/C23H17ClF5N5O/c24-18-7-3-14(9-20(18)27)1-2-15-4-8-21(32-11-15)23(28,29)22(35,12-34(31)13-33-30)17-6-5-16(25)10-19(17)26/h3-11,13,35H,12,30-31H2/b33-13-. The lowest BCUT2D eigenvalue weighted by Crippen LogP contribution is -2.53. The summed E-state index contributed by atoms with van der Waals surface area (Å²) in [6.45, 7) is -1.09. The molecule has 3 rings (SSSR count). The maximum absolute atomic E-state index is 15.6. The van der Waals surface area contributed by atoms with Gasteiger partial charge in [0.25, 0.3) is 0 Å². The van der Waals surface area contributed by atoms with Gasteiger partial charge in [-0.15, -0.1) is 0 Å². The van der Waals surface area contributed by atoms with Crippen LogP contribution in [-0.4, -0.2) is 28.0 Å². The van der Waals surface area contributed by atoms with Crippen molar-refractivity contribution in [1.29, 1.82) is 0 Å². The van der Waals surface area contributed by atoms with Crippen molar-refractivity contribution in [2.24, 2.45) is 16.8 Å². The molecule has 0 aliphatic heterocycles. The summed E-state index contributed by atoms with van der Waals surface area (Å²) >= 11 is 5.61. The molecule has 0 fully saturated rings. The monoisotopic (exact) mass is 509 g/mol. The van der Waals surface area contributed by atoms with Gasteiger partial charge in [-0.25, -0.2) is 19.0 Å². The number of alkyl halides is 2. The Morgan fingerprint density at radius 1 is 1.03 bits per heavy atom. The number of hydrazone groups is 1. The summed E-state index contributed by atoms with van der Waals surface area (Å²) < 4.78 is 72.6. The van der Waals surface area contributed by atoms with Gasteiger partial charge in [0.2, 0.25) is 0 Å². The van der Waals surface area contributed by atoms with Gasteiger partial charge in [0, 0.05) is 29.0 Å². The first-order valence-electron chi connectivity index (χ1n) is 9.72. The molecule has 0 saturated heterocycles. The van der Waals surface area contributed by atoms with Crippen LogP contribution in [0.1, 0.15) is 22.4 Å². The summed E-state index contributed by atoms with van der Waals surface area (Å²) in [5, 5.41) is 14.6. The zero-order valence-electron chi connectivity index (χ0n) is 17.7. The zero-order chi connectivity index (χ0) is 25.8. The van der Waals surface area contributed by atoms with Gasteiger partial charge in [-0.05, 0) is 42.5 Å². The average Bonchev–Trinajstić information content (AvgIpc) is 2.80. The molecule has 0 aliphatic rings. The van der Waals surface area contributed by atoms with Crippen molar-refractivity contribution in [3.8, 4) is 11.8 Å². The van der Waals surface area contributed by atoms with Crippen molar-refractivity contribution in [2.45, 2.75) is 11.5 Å². The van der Waals surface area contributed by atoms with Gasteiger partial charge in [-0.2, -0.15) is 13.9 Å². The van der Waals surface area contributed by atoms with Crippen LogP contribution in [0.15, 0.2) is 59.8 Å². The number of pyridine rings is 1. The number of benzene rings is 2. The molecule has 0 aliphatic carbocycles. The molecule has 1 aromatic heterocycles. The lowest BCUT2D eigenvalue weighted by molar-refractivity contribution is -0.203. The molecule has 1 atom stereocenters. The van der Waals surface area contributed by atoms with E-state index in [1.807, 2.05) is 0 Å². The fraction of sp³-hybridized carbons (Fsp3) is 0.130. The molecule has 0 bridgehead atoms. The SMILES string of the molecule is N/N=C\N(N)CC(O)(c1ccc(F)cc1F)C(F)(F)c1ccc(C#Cc2ccc(Cl)c(F)c2)cn1. The normalized spacial score (nSPS) is 13.3. The molecule has 182 valence electrons. The Morgan fingerprint density at radius 2 is 1.71 bits per heavy atom. The summed E-state index contributed by atoms with van der Waals surface area (Å²) in [7, 11) is 0. The van der Waals surface area contributed by atoms with E-state index in [0.717, 1.165) is 24.7 Å². The van der Waals surface area contributed by atoms with E-state index in [1.54, 1.807) is 0 Å².